The molecule has 1 aromatic rings. The fourth-order valence-corrected chi connectivity index (χ4v) is 1.69. The minimum atomic E-state index is -0.745. The lowest BCUT2D eigenvalue weighted by Gasteiger charge is -2.11. The summed E-state index contributed by atoms with van der Waals surface area (Å²) >= 11 is 3.12. The lowest BCUT2D eigenvalue weighted by atomic mass is 10.2. The Balaban J connectivity index is 2.56. The zero-order valence-corrected chi connectivity index (χ0v) is 12.3. The maximum absolute atomic E-state index is 13.0. The lowest BCUT2D eigenvalue weighted by Crippen LogP contribution is -2.35. The molecule has 1 atom stereocenters. The van der Waals surface area contributed by atoms with Gasteiger partial charge in [-0.05, 0) is 47.5 Å². The number of nitrogens with one attached hydrogen (secondary N) is 1. The van der Waals surface area contributed by atoms with Gasteiger partial charge in [0.2, 0.25) is 0 Å². The highest BCUT2D eigenvalue weighted by Crippen LogP contribution is 2.18. The molecule has 104 valence electrons. The van der Waals surface area contributed by atoms with E-state index in [4.69, 9.17) is 4.74 Å². The maximum Gasteiger partial charge on any atom is 0.339 e. The van der Waals surface area contributed by atoms with E-state index in [0.717, 1.165) is 12.5 Å². The minimum absolute atomic E-state index is 0.0205. The van der Waals surface area contributed by atoms with E-state index >= 15 is 0 Å². The number of carbonyl (C=O) groups excluding carboxylic acids is 2. The molecule has 1 amide bonds. The molecule has 0 aromatic heterocycles. The molecule has 1 rings (SSSR count). The van der Waals surface area contributed by atoms with E-state index in [2.05, 4.69) is 21.2 Å². The van der Waals surface area contributed by atoms with Crippen LogP contribution in [0.1, 0.15) is 30.6 Å². The number of esters is 1. The van der Waals surface area contributed by atoms with Gasteiger partial charge in [-0.2, -0.15) is 0 Å². The summed E-state index contributed by atoms with van der Waals surface area (Å²) in [5, 5.41) is 2.66. The van der Waals surface area contributed by atoms with Crippen molar-refractivity contribution in [1.82, 2.24) is 5.32 Å². The third-order valence-corrected chi connectivity index (χ3v) is 3.19. The molecule has 0 radical (unpaired) electrons. The Labute approximate surface area is 119 Å². The SMILES string of the molecule is CC[C@H](C)NC(=O)COC(=O)c1cc(F)ccc1Br. The van der Waals surface area contributed by atoms with Crippen molar-refractivity contribution < 1.29 is 18.7 Å². The van der Waals surface area contributed by atoms with Crippen LogP contribution in [0.2, 0.25) is 0 Å². The van der Waals surface area contributed by atoms with E-state index in [1.54, 1.807) is 0 Å². The van der Waals surface area contributed by atoms with Gasteiger partial charge in [-0.1, -0.05) is 6.92 Å². The van der Waals surface area contributed by atoms with Gasteiger partial charge in [0.05, 0.1) is 5.56 Å². The number of amides is 1. The zero-order chi connectivity index (χ0) is 14.4. The zero-order valence-electron chi connectivity index (χ0n) is 10.7. The molecule has 0 aliphatic carbocycles. The maximum atomic E-state index is 13.0. The molecule has 1 N–H and O–H groups in total. The van der Waals surface area contributed by atoms with E-state index in [-0.39, 0.29) is 24.1 Å². The van der Waals surface area contributed by atoms with Gasteiger partial charge in [-0.15, -0.1) is 0 Å². The molecule has 19 heavy (non-hydrogen) atoms. The third kappa shape index (κ3) is 4.98. The first-order valence-corrected chi connectivity index (χ1v) is 6.64. The monoisotopic (exact) mass is 331 g/mol. The van der Waals surface area contributed by atoms with E-state index in [1.165, 1.54) is 12.1 Å². The van der Waals surface area contributed by atoms with Crippen LogP contribution in [-0.4, -0.2) is 24.5 Å². The number of hydrogen-bond donors (Lipinski definition) is 1. The highest BCUT2D eigenvalue weighted by atomic mass is 79.9. The number of rotatable bonds is 5. The Hall–Kier alpha value is -1.43. The van der Waals surface area contributed by atoms with Gasteiger partial charge in [-0.25, -0.2) is 9.18 Å². The van der Waals surface area contributed by atoms with Crippen molar-refractivity contribution in [3.05, 3.63) is 34.1 Å². The molecule has 0 saturated carbocycles. The smallest absolute Gasteiger partial charge is 0.339 e. The highest BCUT2D eigenvalue weighted by Gasteiger charge is 2.15. The summed E-state index contributed by atoms with van der Waals surface area (Å²) in [5.41, 5.74) is 0.0522. The number of hydrogen-bond acceptors (Lipinski definition) is 3. The Morgan fingerprint density at radius 1 is 1.47 bits per heavy atom. The van der Waals surface area contributed by atoms with Gasteiger partial charge in [0.25, 0.3) is 5.91 Å². The molecule has 0 spiro atoms. The first kappa shape index (κ1) is 15.6. The van der Waals surface area contributed by atoms with E-state index in [0.29, 0.717) is 4.47 Å². The highest BCUT2D eigenvalue weighted by molar-refractivity contribution is 9.10. The van der Waals surface area contributed by atoms with Crippen LogP contribution in [-0.2, 0) is 9.53 Å². The van der Waals surface area contributed by atoms with Gasteiger partial charge in [0.1, 0.15) is 5.82 Å². The summed E-state index contributed by atoms with van der Waals surface area (Å²) in [7, 11) is 0. The van der Waals surface area contributed by atoms with Crippen LogP contribution < -0.4 is 5.32 Å². The largest absolute Gasteiger partial charge is 0.452 e. The summed E-state index contributed by atoms with van der Waals surface area (Å²) in [6, 6.07) is 3.70. The van der Waals surface area contributed by atoms with E-state index < -0.39 is 11.8 Å². The van der Waals surface area contributed by atoms with Crippen LogP contribution in [0.4, 0.5) is 4.39 Å². The van der Waals surface area contributed by atoms with Crippen molar-refractivity contribution in [2.24, 2.45) is 0 Å². The predicted octanol–water partition coefficient (Wildman–Crippen LogP) is 2.66. The van der Waals surface area contributed by atoms with Gasteiger partial charge < -0.3 is 10.1 Å². The summed E-state index contributed by atoms with van der Waals surface area (Å²) in [5.74, 6) is -1.67. The van der Waals surface area contributed by atoms with E-state index in [1.807, 2.05) is 13.8 Å². The quantitative estimate of drug-likeness (QED) is 0.844. The normalized spacial score (nSPS) is 11.8. The molecule has 4 nitrogen and oxygen atoms in total. The minimum Gasteiger partial charge on any atom is -0.452 e. The van der Waals surface area contributed by atoms with Crippen LogP contribution in [0.3, 0.4) is 0 Å². The molecule has 6 heteroatoms. The lowest BCUT2D eigenvalue weighted by molar-refractivity contribution is -0.124. The number of halogens is 2. The molecule has 1 aromatic carbocycles. The van der Waals surface area contributed by atoms with Crippen LogP contribution >= 0.6 is 15.9 Å². The molecule has 0 saturated heterocycles. The summed E-state index contributed by atoms with van der Waals surface area (Å²) in [4.78, 5) is 23.1. The number of ether oxygens (including phenoxy) is 1. The molecular weight excluding hydrogens is 317 g/mol. The van der Waals surface area contributed by atoms with Crippen LogP contribution in [0.5, 0.6) is 0 Å². The van der Waals surface area contributed by atoms with Gasteiger partial charge in [0, 0.05) is 10.5 Å². The Morgan fingerprint density at radius 2 is 2.16 bits per heavy atom. The number of benzene rings is 1. The summed E-state index contributed by atoms with van der Waals surface area (Å²) in [6.07, 6.45) is 0.787. The van der Waals surface area contributed by atoms with Crippen LogP contribution in [0, 0.1) is 5.82 Å². The second kappa shape index (κ2) is 7.23. The van der Waals surface area contributed by atoms with Gasteiger partial charge in [0.15, 0.2) is 6.61 Å². The topological polar surface area (TPSA) is 55.4 Å². The summed E-state index contributed by atoms with van der Waals surface area (Å²) < 4.78 is 18.3. The van der Waals surface area contributed by atoms with Crippen LogP contribution in [0.25, 0.3) is 0 Å². The molecule has 0 aliphatic heterocycles. The summed E-state index contributed by atoms with van der Waals surface area (Å²) in [6.45, 7) is 3.40. The fraction of sp³-hybridized carbons (Fsp3) is 0.385. The second-order valence-electron chi connectivity index (χ2n) is 4.08. The molecule has 0 unspecified atom stereocenters. The predicted molar refractivity (Wildman–Crippen MR) is 72.3 cm³/mol. The van der Waals surface area contributed by atoms with Crippen molar-refractivity contribution in [2.45, 2.75) is 26.3 Å². The third-order valence-electron chi connectivity index (χ3n) is 2.50. The molecule has 0 aliphatic rings. The number of carbonyl (C=O) groups is 2. The van der Waals surface area contributed by atoms with Crippen molar-refractivity contribution >= 4 is 27.8 Å². The van der Waals surface area contributed by atoms with Crippen molar-refractivity contribution in [1.29, 1.82) is 0 Å². The molecule has 0 fully saturated rings. The van der Waals surface area contributed by atoms with Crippen LogP contribution in [0.15, 0.2) is 22.7 Å². The van der Waals surface area contributed by atoms with Gasteiger partial charge >= 0.3 is 5.97 Å². The van der Waals surface area contributed by atoms with Crippen molar-refractivity contribution in [3.63, 3.8) is 0 Å². The van der Waals surface area contributed by atoms with Crippen molar-refractivity contribution in [2.75, 3.05) is 6.61 Å². The Morgan fingerprint density at radius 3 is 2.79 bits per heavy atom. The first-order valence-electron chi connectivity index (χ1n) is 5.85. The average Bonchev–Trinajstić information content (AvgIpc) is 2.38. The Kier molecular flexibility index (Phi) is 5.95. The second-order valence-corrected chi connectivity index (χ2v) is 4.93. The standard InChI is InChI=1S/C13H15BrFNO3/c1-3-8(2)16-12(17)7-19-13(18)10-6-9(15)4-5-11(10)14/h4-6,8H,3,7H2,1-2H3,(H,16,17)/t8-/m0/s1. The molecule has 0 bridgehead atoms. The Bertz CT molecular complexity index is 479. The molecule has 0 heterocycles. The fourth-order valence-electron chi connectivity index (χ4n) is 1.28. The average molecular weight is 332 g/mol. The molecular formula is C13H15BrFNO3. The van der Waals surface area contributed by atoms with Crippen molar-refractivity contribution in [3.8, 4) is 0 Å². The first-order chi connectivity index (χ1) is 8.93. The van der Waals surface area contributed by atoms with Gasteiger partial charge in [-0.3, -0.25) is 4.79 Å². The van der Waals surface area contributed by atoms with E-state index in [9.17, 15) is 14.0 Å².